The number of benzene rings is 1. The van der Waals surface area contributed by atoms with Gasteiger partial charge < -0.3 is 10.2 Å². The summed E-state index contributed by atoms with van der Waals surface area (Å²) in [5.74, 6) is 3.44. The summed E-state index contributed by atoms with van der Waals surface area (Å²) in [5.41, 5.74) is 1.36. The summed E-state index contributed by atoms with van der Waals surface area (Å²) in [6.07, 6.45) is 8.00. The van der Waals surface area contributed by atoms with Crippen LogP contribution >= 0.6 is 0 Å². The summed E-state index contributed by atoms with van der Waals surface area (Å²) in [6.45, 7) is 4.79. The first kappa shape index (κ1) is 17.5. The van der Waals surface area contributed by atoms with Crippen molar-refractivity contribution < 1.29 is 4.79 Å². The quantitative estimate of drug-likeness (QED) is 0.884. The lowest BCUT2D eigenvalue weighted by molar-refractivity contribution is -0.0109. The molecule has 2 amide bonds. The Labute approximate surface area is 163 Å². The summed E-state index contributed by atoms with van der Waals surface area (Å²) in [7, 11) is 0. The van der Waals surface area contributed by atoms with Crippen LogP contribution in [0.5, 0.6) is 0 Å². The van der Waals surface area contributed by atoms with Gasteiger partial charge in [0.25, 0.3) is 0 Å². The normalized spacial score (nSPS) is 35.9. The van der Waals surface area contributed by atoms with E-state index < -0.39 is 0 Å². The second-order valence-corrected chi connectivity index (χ2v) is 9.51. The van der Waals surface area contributed by atoms with Gasteiger partial charge in [0.2, 0.25) is 0 Å². The smallest absolute Gasteiger partial charge is 0.317 e. The summed E-state index contributed by atoms with van der Waals surface area (Å²) >= 11 is 0. The average Bonchev–Trinajstić information content (AvgIpc) is 2.90. The van der Waals surface area contributed by atoms with E-state index in [9.17, 15) is 4.79 Å². The molecular weight excluding hydrogens is 334 g/mol. The van der Waals surface area contributed by atoms with E-state index in [1.165, 1.54) is 37.7 Å². The molecule has 0 aromatic heterocycles. The van der Waals surface area contributed by atoms with Gasteiger partial charge in [0.15, 0.2) is 0 Å². The molecule has 0 atom stereocenters. The molecule has 4 saturated carbocycles. The minimum Gasteiger partial charge on any atom is -0.335 e. The van der Waals surface area contributed by atoms with Crippen molar-refractivity contribution in [3.8, 4) is 0 Å². The van der Waals surface area contributed by atoms with Crippen LogP contribution in [0, 0.1) is 23.7 Å². The van der Waals surface area contributed by atoms with Crippen LogP contribution in [-0.2, 0) is 6.54 Å². The molecule has 1 heterocycles. The highest BCUT2D eigenvalue weighted by Crippen LogP contribution is 2.53. The molecule has 4 aliphatic carbocycles. The van der Waals surface area contributed by atoms with Gasteiger partial charge in [-0.15, -0.1) is 0 Å². The third-order valence-electron chi connectivity index (χ3n) is 7.64. The van der Waals surface area contributed by atoms with Crippen LogP contribution < -0.4 is 5.32 Å². The van der Waals surface area contributed by atoms with Crippen molar-refractivity contribution in [3.63, 3.8) is 0 Å². The Bertz CT molecular complexity index is 633. The fraction of sp³-hybridized carbons (Fsp3) is 0.696. The molecule has 4 heteroatoms. The topological polar surface area (TPSA) is 35.6 Å². The molecule has 1 aliphatic heterocycles. The van der Waals surface area contributed by atoms with E-state index in [0.717, 1.165) is 62.8 Å². The molecule has 27 heavy (non-hydrogen) atoms. The first-order valence-corrected chi connectivity index (χ1v) is 11.1. The highest BCUT2D eigenvalue weighted by atomic mass is 16.2. The van der Waals surface area contributed by atoms with Crippen LogP contribution in [0.25, 0.3) is 0 Å². The molecule has 1 saturated heterocycles. The number of carbonyl (C=O) groups excluding carboxylic acids is 1. The second-order valence-electron chi connectivity index (χ2n) is 9.51. The highest BCUT2D eigenvalue weighted by Gasteiger charge is 2.48. The van der Waals surface area contributed by atoms with Gasteiger partial charge in [-0.2, -0.15) is 0 Å². The highest BCUT2D eigenvalue weighted by molar-refractivity contribution is 5.74. The minimum atomic E-state index is 0.203. The van der Waals surface area contributed by atoms with Crippen LogP contribution in [0.4, 0.5) is 4.79 Å². The molecule has 1 aromatic rings. The maximum atomic E-state index is 13.0. The van der Waals surface area contributed by atoms with Gasteiger partial charge in [-0.3, -0.25) is 4.90 Å². The third kappa shape index (κ3) is 3.73. The van der Waals surface area contributed by atoms with Gasteiger partial charge >= 0.3 is 6.03 Å². The number of hydrogen-bond acceptors (Lipinski definition) is 2. The Morgan fingerprint density at radius 1 is 0.889 bits per heavy atom. The molecule has 4 nitrogen and oxygen atoms in total. The fourth-order valence-electron chi connectivity index (χ4n) is 6.57. The predicted molar refractivity (Wildman–Crippen MR) is 107 cm³/mol. The van der Waals surface area contributed by atoms with E-state index in [2.05, 4.69) is 45.4 Å². The Balaban J connectivity index is 1.16. The Morgan fingerprint density at radius 3 is 2.30 bits per heavy atom. The second kappa shape index (κ2) is 7.46. The zero-order chi connectivity index (χ0) is 18.2. The number of nitrogens with zero attached hydrogens (tertiary/aromatic N) is 2. The van der Waals surface area contributed by atoms with E-state index in [0.29, 0.717) is 6.04 Å². The van der Waals surface area contributed by atoms with Crippen LogP contribution in [-0.4, -0.2) is 48.1 Å². The van der Waals surface area contributed by atoms with Crippen molar-refractivity contribution in [3.05, 3.63) is 35.9 Å². The number of hydrogen-bond donors (Lipinski definition) is 1. The zero-order valence-electron chi connectivity index (χ0n) is 16.4. The first-order valence-electron chi connectivity index (χ1n) is 11.1. The Morgan fingerprint density at radius 2 is 1.59 bits per heavy atom. The van der Waals surface area contributed by atoms with Crippen molar-refractivity contribution in [1.29, 1.82) is 0 Å². The number of nitrogens with one attached hydrogen (secondary N) is 1. The lowest BCUT2D eigenvalue weighted by atomic mass is 9.54. The lowest BCUT2D eigenvalue weighted by Gasteiger charge is -2.54. The molecule has 5 fully saturated rings. The van der Waals surface area contributed by atoms with Gasteiger partial charge in [0, 0.05) is 38.8 Å². The number of urea groups is 1. The Hall–Kier alpha value is -1.55. The van der Waals surface area contributed by atoms with E-state index in [4.69, 9.17) is 0 Å². The van der Waals surface area contributed by atoms with Gasteiger partial charge in [-0.25, -0.2) is 4.79 Å². The number of rotatable bonds is 3. The van der Waals surface area contributed by atoms with Crippen molar-refractivity contribution in [1.82, 2.24) is 15.1 Å². The van der Waals surface area contributed by atoms with Gasteiger partial charge in [-0.1, -0.05) is 30.3 Å². The van der Waals surface area contributed by atoms with Crippen LogP contribution in [0.1, 0.15) is 44.1 Å². The molecular formula is C23H33N3O. The lowest BCUT2D eigenvalue weighted by Crippen LogP contribution is -2.58. The maximum Gasteiger partial charge on any atom is 0.317 e. The SMILES string of the molecule is O=C(NC1C2CC3CC(C2)CC1C3)N1CCCN(Cc2ccccc2)CC1. The van der Waals surface area contributed by atoms with E-state index in [1.54, 1.807) is 0 Å². The van der Waals surface area contributed by atoms with Crippen molar-refractivity contribution in [2.45, 2.75) is 51.1 Å². The van der Waals surface area contributed by atoms with Crippen molar-refractivity contribution in [2.24, 2.45) is 23.7 Å². The van der Waals surface area contributed by atoms with E-state index in [1.807, 2.05) is 0 Å². The largest absolute Gasteiger partial charge is 0.335 e. The third-order valence-corrected chi connectivity index (χ3v) is 7.64. The molecule has 5 aliphatic rings. The summed E-state index contributed by atoms with van der Waals surface area (Å²) < 4.78 is 0. The van der Waals surface area contributed by atoms with Crippen LogP contribution in [0.3, 0.4) is 0 Å². The average molecular weight is 368 g/mol. The van der Waals surface area contributed by atoms with Crippen LogP contribution in [0.15, 0.2) is 30.3 Å². The maximum absolute atomic E-state index is 13.0. The molecule has 146 valence electrons. The van der Waals surface area contributed by atoms with Crippen molar-refractivity contribution >= 4 is 6.03 Å². The molecule has 0 unspecified atom stereocenters. The fourth-order valence-corrected chi connectivity index (χ4v) is 6.57. The molecule has 0 radical (unpaired) electrons. The van der Waals surface area contributed by atoms with E-state index in [-0.39, 0.29) is 6.03 Å². The molecule has 1 aromatic carbocycles. The zero-order valence-corrected chi connectivity index (χ0v) is 16.4. The van der Waals surface area contributed by atoms with E-state index >= 15 is 0 Å². The molecule has 4 bridgehead atoms. The molecule has 1 N–H and O–H groups in total. The summed E-state index contributed by atoms with van der Waals surface area (Å²) in [4.78, 5) is 17.6. The number of amides is 2. The Kier molecular flexibility index (Phi) is 4.85. The first-order chi connectivity index (χ1) is 13.2. The van der Waals surface area contributed by atoms with Gasteiger partial charge in [0.1, 0.15) is 0 Å². The molecule has 0 spiro atoms. The summed E-state index contributed by atoms with van der Waals surface area (Å²) in [6, 6.07) is 11.3. The molecule has 6 rings (SSSR count). The van der Waals surface area contributed by atoms with Gasteiger partial charge in [0.05, 0.1) is 0 Å². The standard InChI is InChI=1S/C23H33N3O/c27-23(24-22-20-12-18-11-19(14-20)15-21(22)13-18)26-8-4-7-25(9-10-26)16-17-5-2-1-3-6-17/h1-3,5-6,18-22H,4,7-16H2,(H,24,27). The monoisotopic (exact) mass is 367 g/mol. The predicted octanol–water partition coefficient (Wildman–Crippen LogP) is 3.73. The van der Waals surface area contributed by atoms with Crippen LogP contribution in [0.2, 0.25) is 0 Å². The number of carbonyl (C=O) groups is 1. The van der Waals surface area contributed by atoms with Gasteiger partial charge in [-0.05, 0) is 67.8 Å². The van der Waals surface area contributed by atoms with Crippen molar-refractivity contribution in [2.75, 3.05) is 26.2 Å². The minimum absolute atomic E-state index is 0.203. The summed E-state index contributed by atoms with van der Waals surface area (Å²) in [5, 5.41) is 3.49.